The normalized spacial score (nSPS) is 10.8. The van der Waals surface area contributed by atoms with Crippen LogP contribution in [0.4, 0.5) is 5.13 Å². The van der Waals surface area contributed by atoms with E-state index in [2.05, 4.69) is 20.7 Å². The van der Waals surface area contributed by atoms with Crippen molar-refractivity contribution in [3.63, 3.8) is 0 Å². The van der Waals surface area contributed by atoms with Gasteiger partial charge in [-0.25, -0.2) is 0 Å². The second-order valence-electron chi connectivity index (χ2n) is 2.86. The van der Waals surface area contributed by atoms with Crippen molar-refractivity contribution in [1.82, 2.24) is 10.2 Å². The Kier molecular flexibility index (Phi) is 2.97. The van der Waals surface area contributed by atoms with Crippen LogP contribution in [0.25, 0.3) is 0 Å². The molecular formula is C9H8N4O2S. The quantitative estimate of drug-likeness (QED) is 0.553. The van der Waals surface area contributed by atoms with Crippen LogP contribution >= 0.6 is 11.3 Å². The Balaban J connectivity index is 2.06. The second kappa shape index (κ2) is 4.58. The number of nitrogens with one attached hydrogen (secondary N) is 1. The van der Waals surface area contributed by atoms with Crippen LogP contribution in [0.5, 0.6) is 11.5 Å². The van der Waals surface area contributed by atoms with E-state index in [9.17, 15) is 5.11 Å². The van der Waals surface area contributed by atoms with Gasteiger partial charge in [-0.2, -0.15) is 5.10 Å². The number of hydrogen-bond acceptors (Lipinski definition) is 7. The summed E-state index contributed by atoms with van der Waals surface area (Å²) in [7, 11) is 0. The molecule has 82 valence electrons. The highest BCUT2D eigenvalue weighted by Crippen LogP contribution is 2.20. The van der Waals surface area contributed by atoms with Gasteiger partial charge < -0.3 is 10.2 Å². The molecule has 0 fully saturated rings. The smallest absolute Gasteiger partial charge is 0.225 e. The van der Waals surface area contributed by atoms with Crippen LogP contribution in [0.3, 0.4) is 0 Å². The average Bonchev–Trinajstić information content (AvgIpc) is 2.74. The van der Waals surface area contributed by atoms with Gasteiger partial charge in [-0.3, -0.25) is 5.43 Å². The molecule has 2 rings (SSSR count). The van der Waals surface area contributed by atoms with E-state index in [-0.39, 0.29) is 11.5 Å². The summed E-state index contributed by atoms with van der Waals surface area (Å²) >= 11 is 1.32. The summed E-state index contributed by atoms with van der Waals surface area (Å²) in [5.74, 6) is -0.0328. The zero-order valence-electron chi connectivity index (χ0n) is 8.03. The monoisotopic (exact) mass is 236 g/mol. The van der Waals surface area contributed by atoms with Crippen molar-refractivity contribution < 1.29 is 10.2 Å². The van der Waals surface area contributed by atoms with Crippen LogP contribution in [-0.4, -0.2) is 26.6 Å². The Morgan fingerprint density at radius 3 is 2.94 bits per heavy atom. The van der Waals surface area contributed by atoms with Crippen LogP contribution in [-0.2, 0) is 0 Å². The van der Waals surface area contributed by atoms with Crippen molar-refractivity contribution >= 4 is 22.7 Å². The van der Waals surface area contributed by atoms with Gasteiger partial charge in [0.05, 0.1) is 6.21 Å². The van der Waals surface area contributed by atoms with Crippen molar-refractivity contribution in [1.29, 1.82) is 0 Å². The molecule has 1 heterocycles. The predicted molar refractivity (Wildman–Crippen MR) is 60.9 cm³/mol. The number of hydrogen-bond donors (Lipinski definition) is 3. The lowest BCUT2D eigenvalue weighted by molar-refractivity contribution is 0.450. The minimum Gasteiger partial charge on any atom is -0.508 e. The number of phenolic OH excluding ortho intramolecular Hbond substituents is 2. The highest BCUT2D eigenvalue weighted by atomic mass is 32.1. The number of hydrazone groups is 1. The van der Waals surface area contributed by atoms with Crippen LogP contribution in [0.15, 0.2) is 28.8 Å². The van der Waals surface area contributed by atoms with E-state index < -0.39 is 0 Å². The zero-order chi connectivity index (χ0) is 11.4. The summed E-state index contributed by atoms with van der Waals surface area (Å²) in [6, 6.07) is 4.26. The van der Waals surface area contributed by atoms with Crippen molar-refractivity contribution in [3.05, 3.63) is 29.3 Å². The first-order chi connectivity index (χ1) is 7.75. The molecule has 3 N–H and O–H groups in total. The molecule has 0 spiro atoms. The van der Waals surface area contributed by atoms with E-state index in [1.54, 1.807) is 11.6 Å². The molecule has 0 atom stereocenters. The van der Waals surface area contributed by atoms with Gasteiger partial charge in [-0.1, -0.05) is 11.3 Å². The highest BCUT2D eigenvalue weighted by molar-refractivity contribution is 7.13. The molecule has 0 aliphatic rings. The Labute approximate surface area is 94.9 Å². The van der Waals surface area contributed by atoms with Crippen LogP contribution < -0.4 is 5.43 Å². The van der Waals surface area contributed by atoms with Gasteiger partial charge in [0.15, 0.2) is 0 Å². The lowest BCUT2D eigenvalue weighted by atomic mass is 10.2. The van der Waals surface area contributed by atoms with Crippen LogP contribution in [0.1, 0.15) is 5.56 Å². The molecule has 0 amide bonds. The maximum atomic E-state index is 9.44. The first-order valence-corrected chi connectivity index (χ1v) is 5.21. The molecule has 1 aromatic heterocycles. The summed E-state index contributed by atoms with van der Waals surface area (Å²) < 4.78 is 0. The van der Waals surface area contributed by atoms with Gasteiger partial charge in [0.1, 0.15) is 17.0 Å². The Morgan fingerprint density at radius 1 is 1.38 bits per heavy atom. The van der Waals surface area contributed by atoms with Gasteiger partial charge in [0, 0.05) is 11.6 Å². The fraction of sp³-hybridized carbons (Fsp3) is 0. The number of nitrogens with zero attached hydrogens (tertiary/aromatic N) is 3. The van der Waals surface area contributed by atoms with Crippen molar-refractivity contribution in [2.45, 2.75) is 0 Å². The molecule has 1 aromatic carbocycles. The van der Waals surface area contributed by atoms with Crippen LogP contribution in [0.2, 0.25) is 0 Å². The summed E-state index contributed by atoms with van der Waals surface area (Å²) in [6.07, 6.45) is 1.43. The van der Waals surface area contributed by atoms with Crippen molar-refractivity contribution in [2.75, 3.05) is 5.43 Å². The predicted octanol–water partition coefficient (Wildman–Crippen LogP) is 1.40. The Morgan fingerprint density at radius 2 is 2.25 bits per heavy atom. The van der Waals surface area contributed by atoms with Gasteiger partial charge in [0.25, 0.3) is 0 Å². The molecule has 0 saturated carbocycles. The number of rotatable bonds is 3. The third-order valence-electron chi connectivity index (χ3n) is 1.74. The molecule has 2 aromatic rings. The van der Waals surface area contributed by atoms with Gasteiger partial charge >= 0.3 is 0 Å². The topological polar surface area (TPSA) is 90.6 Å². The number of benzene rings is 1. The summed E-state index contributed by atoms with van der Waals surface area (Å²) in [6.45, 7) is 0. The zero-order valence-corrected chi connectivity index (χ0v) is 8.85. The van der Waals surface area contributed by atoms with E-state index in [0.29, 0.717) is 10.7 Å². The van der Waals surface area contributed by atoms with Gasteiger partial charge in [-0.05, 0) is 12.1 Å². The van der Waals surface area contributed by atoms with E-state index >= 15 is 0 Å². The number of anilines is 1. The van der Waals surface area contributed by atoms with E-state index in [1.807, 2.05) is 0 Å². The maximum Gasteiger partial charge on any atom is 0.225 e. The van der Waals surface area contributed by atoms with E-state index in [1.165, 1.54) is 29.7 Å². The van der Waals surface area contributed by atoms with Crippen LogP contribution in [0, 0.1) is 0 Å². The minimum absolute atomic E-state index is 0.00623. The molecule has 0 unspecified atom stereocenters. The molecule has 0 radical (unpaired) electrons. The summed E-state index contributed by atoms with van der Waals surface area (Å²) in [5, 5.41) is 30.3. The van der Waals surface area contributed by atoms with Gasteiger partial charge in [-0.15, -0.1) is 10.2 Å². The van der Waals surface area contributed by atoms with Gasteiger partial charge in [0.2, 0.25) is 5.13 Å². The molecule has 16 heavy (non-hydrogen) atoms. The maximum absolute atomic E-state index is 9.44. The lowest BCUT2D eigenvalue weighted by Gasteiger charge is -1.98. The summed E-state index contributed by atoms with van der Waals surface area (Å²) in [5.41, 5.74) is 4.73. The average molecular weight is 236 g/mol. The third kappa shape index (κ3) is 2.45. The number of aromatic hydroxyl groups is 2. The standard InChI is InChI=1S/C9H8N4O2S/c14-7-2-1-6(8(15)3-7)4-10-12-9-13-11-5-16-9/h1-5,14-15H,(H,12,13)/b10-4-. The largest absolute Gasteiger partial charge is 0.508 e. The van der Waals surface area contributed by atoms with E-state index in [0.717, 1.165) is 0 Å². The molecule has 0 aliphatic heterocycles. The minimum atomic E-state index is -0.0391. The summed E-state index contributed by atoms with van der Waals surface area (Å²) in [4.78, 5) is 0. The molecule has 0 bridgehead atoms. The van der Waals surface area contributed by atoms with E-state index in [4.69, 9.17) is 5.11 Å². The second-order valence-corrected chi connectivity index (χ2v) is 3.69. The molecule has 6 nitrogen and oxygen atoms in total. The Bertz CT molecular complexity index is 498. The molecule has 0 saturated heterocycles. The fourth-order valence-electron chi connectivity index (χ4n) is 1.02. The third-order valence-corrected chi connectivity index (χ3v) is 2.33. The van der Waals surface area contributed by atoms with Crippen molar-refractivity contribution in [2.24, 2.45) is 5.10 Å². The number of aromatic nitrogens is 2. The molecule has 0 aliphatic carbocycles. The molecular weight excluding hydrogens is 228 g/mol. The fourth-order valence-corrected chi connectivity index (χ4v) is 1.41. The highest BCUT2D eigenvalue weighted by Gasteiger charge is 1.99. The Hall–Kier alpha value is -2.15. The first kappa shape index (κ1) is 10.4. The number of phenols is 2. The SMILES string of the molecule is Oc1ccc(/C=N\Nc2nncs2)c(O)c1. The first-order valence-electron chi connectivity index (χ1n) is 4.33. The lowest BCUT2D eigenvalue weighted by Crippen LogP contribution is -1.90. The van der Waals surface area contributed by atoms with Crippen molar-refractivity contribution in [3.8, 4) is 11.5 Å². The molecule has 7 heteroatoms.